The van der Waals surface area contributed by atoms with E-state index in [2.05, 4.69) is 39.7 Å². The van der Waals surface area contributed by atoms with Gasteiger partial charge in [-0.2, -0.15) is 0 Å². The lowest BCUT2D eigenvalue weighted by Gasteiger charge is -2.21. The number of aromatic nitrogens is 3. The molecule has 0 aromatic carbocycles. The zero-order valence-electron chi connectivity index (χ0n) is 15.1. The zero-order chi connectivity index (χ0) is 16.3. The van der Waals surface area contributed by atoms with Gasteiger partial charge in [0.1, 0.15) is 12.9 Å². The molecule has 1 aromatic rings. The van der Waals surface area contributed by atoms with E-state index in [4.69, 9.17) is 0 Å². The molecule has 0 saturated heterocycles. The van der Waals surface area contributed by atoms with Crippen LogP contribution in [-0.4, -0.2) is 33.8 Å². The summed E-state index contributed by atoms with van der Waals surface area (Å²) in [6.45, 7) is 7.48. The van der Waals surface area contributed by atoms with Crippen LogP contribution < -0.4 is 10.6 Å². The minimum absolute atomic E-state index is 0. The number of aliphatic imine (C=N–C) groups is 1. The maximum atomic E-state index is 4.62. The van der Waals surface area contributed by atoms with Crippen LogP contribution in [0, 0.1) is 5.92 Å². The first kappa shape index (κ1) is 21.2. The van der Waals surface area contributed by atoms with Crippen LogP contribution in [-0.2, 0) is 13.1 Å². The molecule has 0 radical (unpaired) electrons. The molecule has 0 aliphatic heterocycles. The van der Waals surface area contributed by atoms with Crippen molar-refractivity contribution in [1.29, 1.82) is 0 Å². The monoisotopic (exact) mass is 448 g/mol. The Balaban J connectivity index is 0.00000288. The quantitative estimate of drug-likeness (QED) is 0.277. The van der Waals surface area contributed by atoms with Gasteiger partial charge >= 0.3 is 0 Å². The van der Waals surface area contributed by atoms with Crippen molar-refractivity contribution >= 4 is 29.9 Å². The van der Waals surface area contributed by atoms with Crippen LogP contribution in [0.25, 0.3) is 0 Å². The van der Waals surface area contributed by atoms with Crippen LogP contribution in [0.2, 0.25) is 0 Å². The Morgan fingerprint density at radius 3 is 2.75 bits per heavy atom. The highest BCUT2D eigenvalue weighted by Gasteiger charge is 2.12. The lowest BCUT2D eigenvalue weighted by molar-refractivity contribution is 0.332. The molecular formula is C17H33IN6. The van der Waals surface area contributed by atoms with E-state index in [-0.39, 0.29) is 24.0 Å². The average Bonchev–Trinajstić information content (AvgIpc) is 3.05. The molecular weight excluding hydrogens is 415 g/mol. The van der Waals surface area contributed by atoms with Gasteiger partial charge in [-0.1, -0.05) is 32.1 Å². The van der Waals surface area contributed by atoms with Gasteiger partial charge in [-0.3, -0.25) is 0 Å². The Morgan fingerprint density at radius 2 is 2.04 bits per heavy atom. The Morgan fingerprint density at radius 1 is 1.25 bits per heavy atom. The predicted octanol–water partition coefficient (Wildman–Crippen LogP) is 3.33. The molecule has 1 aliphatic carbocycles. The second-order valence-corrected chi connectivity index (χ2v) is 6.30. The fraction of sp³-hybridized carbons (Fsp3) is 0.824. The number of guanidine groups is 1. The Bertz CT molecular complexity index is 467. The van der Waals surface area contributed by atoms with Gasteiger partial charge in [0.05, 0.1) is 0 Å². The summed E-state index contributed by atoms with van der Waals surface area (Å²) in [6.07, 6.45) is 11.5. The highest BCUT2D eigenvalue weighted by atomic mass is 127. The van der Waals surface area contributed by atoms with Crippen molar-refractivity contribution < 1.29 is 0 Å². The van der Waals surface area contributed by atoms with Gasteiger partial charge < -0.3 is 15.2 Å². The lowest BCUT2D eigenvalue weighted by Crippen LogP contribution is -2.38. The molecule has 2 N–H and O–H groups in total. The summed E-state index contributed by atoms with van der Waals surface area (Å²) in [5, 5.41) is 14.8. The smallest absolute Gasteiger partial charge is 0.191 e. The van der Waals surface area contributed by atoms with Crippen LogP contribution in [0.1, 0.15) is 64.6 Å². The van der Waals surface area contributed by atoms with Crippen LogP contribution >= 0.6 is 24.0 Å². The second kappa shape index (κ2) is 12.5. The van der Waals surface area contributed by atoms with Gasteiger partial charge in [0.2, 0.25) is 0 Å². The molecule has 7 heteroatoms. The summed E-state index contributed by atoms with van der Waals surface area (Å²) in [5.74, 6) is 2.74. The van der Waals surface area contributed by atoms with Crippen molar-refractivity contribution in [3.05, 3.63) is 12.2 Å². The minimum atomic E-state index is 0. The molecule has 138 valence electrons. The summed E-state index contributed by atoms with van der Waals surface area (Å²) in [7, 11) is 0. The van der Waals surface area contributed by atoms with E-state index < -0.39 is 0 Å². The highest BCUT2D eigenvalue weighted by Crippen LogP contribution is 2.26. The van der Waals surface area contributed by atoms with E-state index >= 15 is 0 Å². The molecule has 1 heterocycles. The lowest BCUT2D eigenvalue weighted by atomic mass is 9.86. The standard InChI is InChI=1S/C17H32N6.HI/c1-3-18-17(20-13-16-22-21-14-23(16)4-2)19-12-8-11-15-9-6-5-7-10-15;/h14-15H,3-13H2,1-2H3,(H2,18,19,20);1H. The molecule has 0 bridgehead atoms. The number of halogens is 1. The third-order valence-electron chi connectivity index (χ3n) is 4.57. The molecule has 0 atom stereocenters. The van der Waals surface area contributed by atoms with E-state index in [1.54, 1.807) is 6.33 Å². The van der Waals surface area contributed by atoms with Crippen molar-refractivity contribution in [3.8, 4) is 0 Å². The predicted molar refractivity (Wildman–Crippen MR) is 110 cm³/mol. The van der Waals surface area contributed by atoms with Gasteiger partial charge in [0, 0.05) is 19.6 Å². The van der Waals surface area contributed by atoms with Crippen molar-refractivity contribution in [2.45, 2.75) is 71.9 Å². The number of aryl methyl sites for hydroxylation is 1. The maximum Gasteiger partial charge on any atom is 0.191 e. The van der Waals surface area contributed by atoms with Crippen molar-refractivity contribution in [1.82, 2.24) is 25.4 Å². The normalized spacial score (nSPS) is 15.8. The fourth-order valence-electron chi connectivity index (χ4n) is 3.23. The van der Waals surface area contributed by atoms with E-state index in [9.17, 15) is 0 Å². The topological polar surface area (TPSA) is 67.1 Å². The van der Waals surface area contributed by atoms with Gasteiger partial charge in [-0.15, -0.1) is 34.2 Å². The number of nitrogens with zero attached hydrogens (tertiary/aromatic N) is 4. The van der Waals surface area contributed by atoms with Crippen LogP contribution in [0.5, 0.6) is 0 Å². The SMILES string of the molecule is CCNC(=NCc1nncn1CC)NCCCC1CCCCC1.I. The molecule has 1 saturated carbocycles. The van der Waals surface area contributed by atoms with E-state index in [1.165, 1.54) is 44.9 Å². The Hall–Kier alpha value is -0.860. The number of hydrogen-bond acceptors (Lipinski definition) is 3. The van der Waals surface area contributed by atoms with Gasteiger partial charge in [-0.25, -0.2) is 4.99 Å². The Labute approximate surface area is 163 Å². The largest absolute Gasteiger partial charge is 0.357 e. The third kappa shape index (κ3) is 7.36. The molecule has 0 spiro atoms. The number of nitrogens with one attached hydrogen (secondary N) is 2. The summed E-state index contributed by atoms with van der Waals surface area (Å²) < 4.78 is 2.02. The Kier molecular flexibility index (Phi) is 11.0. The van der Waals surface area contributed by atoms with Gasteiger partial charge in [0.25, 0.3) is 0 Å². The van der Waals surface area contributed by atoms with Crippen molar-refractivity contribution in [2.75, 3.05) is 13.1 Å². The first-order chi connectivity index (χ1) is 11.3. The summed E-state index contributed by atoms with van der Waals surface area (Å²) in [5.41, 5.74) is 0. The van der Waals surface area contributed by atoms with Crippen LogP contribution in [0.3, 0.4) is 0 Å². The molecule has 24 heavy (non-hydrogen) atoms. The fourth-order valence-corrected chi connectivity index (χ4v) is 3.23. The molecule has 0 unspecified atom stereocenters. The van der Waals surface area contributed by atoms with E-state index in [0.29, 0.717) is 6.54 Å². The molecule has 1 aliphatic rings. The summed E-state index contributed by atoms with van der Waals surface area (Å²) in [4.78, 5) is 4.62. The number of rotatable bonds is 8. The first-order valence-corrected chi connectivity index (χ1v) is 9.22. The molecule has 1 aromatic heterocycles. The average molecular weight is 448 g/mol. The molecule has 2 rings (SSSR count). The maximum absolute atomic E-state index is 4.62. The minimum Gasteiger partial charge on any atom is -0.357 e. The van der Waals surface area contributed by atoms with Crippen molar-refractivity contribution in [3.63, 3.8) is 0 Å². The summed E-state index contributed by atoms with van der Waals surface area (Å²) in [6, 6.07) is 0. The van der Waals surface area contributed by atoms with Crippen LogP contribution in [0.4, 0.5) is 0 Å². The first-order valence-electron chi connectivity index (χ1n) is 9.22. The van der Waals surface area contributed by atoms with E-state index in [1.807, 2.05) is 4.57 Å². The number of hydrogen-bond donors (Lipinski definition) is 2. The summed E-state index contributed by atoms with van der Waals surface area (Å²) >= 11 is 0. The molecule has 1 fully saturated rings. The molecule has 0 amide bonds. The molecule has 6 nitrogen and oxygen atoms in total. The van der Waals surface area contributed by atoms with Crippen LogP contribution in [0.15, 0.2) is 11.3 Å². The van der Waals surface area contributed by atoms with Crippen molar-refractivity contribution in [2.24, 2.45) is 10.9 Å². The third-order valence-corrected chi connectivity index (χ3v) is 4.57. The second-order valence-electron chi connectivity index (χ2n) is 6.30. The highest BCUT2D eigenvalue weighted by molar-refractivity contribution is 14.0. The van der Waals surface area contributed by atoms with Gasteiger partial charge in [-0.05, 0) is 32.6 Å². The zero-order valence-corrected chi connectivity index (χ0v) is 17.5. The van der Waals surface area contributed by atoms with Gasteiger partial charge in [0.15, 0.2) is 11.8 Å². The van der Waals surface area contributed by atoms with E-state index in [0.717, 1.165) is 37.3 Å².